The quantitative estimate of drug-likeness (QED) is 0.332. The Morgan fingerprint density at radius 1 is 1.70 bits per heavy atom. The fourth-order valence-corrected chi connectivity index (χ4v) is 0.702. The third-order valence-corrected chi connectivity index (χ3v) is 1.27. The Morgan fingerprint density at radius 3 is 2.70 bits per heavy atom. The van der Waals surface area contributed by atoms with Crippen LogP contribution in [0.15, 0.2) is 17.6 Å². The average molecular weight is 139 g/mol. The summed E-state index contributed by atoms with van der Waals surface area (Å²) in [6.45, 7) is 8.22. The fraction of sp³-hybridized carbons (Fsp3) is 0.625. The molecule has 0 N–H and O–H groups in total. The van der Waals surface area contributed by atoms with E-state index in [1.807, 2.05) is 19.9 Å². The minimum atomic E-state index is 0.0547. The van der Waals surface area contributed by atoms with Crippen molar-refractivity contribution in [2.24, 2.45) is 10.4 Å². The van der Waals surface area contributed by atoms with E-state index in [9.17, 15) is 4.79 Å². The predicted octanol–water partition coefficient (Wildman–Crippen LogP) is 1.92. The van der Waals surface area contributed by atoms with Gasteiger partial charge in [0.15, 0.2) is 0 Å². The molecule has 0 saturated carbocycles. The van der Waals surface area contributed by atoms with Crippen LogP contribution in [0.5, 0.6) is 0 Å². The molecule has 56 valence electrons. The molecule has 0 unspecified atom stereocenters. The van der Waals surface area contributed by atoms with E-state index in [0.717, 1.165) is 6.42 Å². The minimum Gasteiger partial charge on any atom is -0.211 e. The summed E-state index contributed by atoms with van der Waals surface area (Å²) in [6, 6.07) is 0. The van der Waals surface area contributed by atoms with Crippen LogP contribution in [0.25, 0.3) is 0 Å². The molecular weight excluding hydrogens is 126 g/mol. The molecule has 2 nitrogen and oxygen atoms in total. The van der Waals surface area contributed by atoms with E-state index in [1.165, 1.54) is 6.08 Å². The first-order valence-corrected chi connectivity index (χ1v) is 3.27. The first-order valence-electron chi connectivity index (χ1n) is 3.27. The zero-order valence-corrected chi connectivity index (χ0v) is 6.55. The zero-order valence-electron chi connectivity index (χ0n) is 6.55. The summed E-state index contributed by atoms with van der Waals surface area (Å²) >= 11 is 0. The normalized spacial score (nSPS) is 10.2. The second-order valence-corrected chi connectivity index (χ2v) is 3.06. The second-order valence-electron chi connectivity index (χ2n) is 3.06. The Hall–Kier alpha value is -0.880. The van der Waals surface area contributed by atoms with Crippen molar-refractivity contribution in [3.8, 4) is 0 Å². The van der Waals surface area contributed by atoms with Crippen molar-refractivity contribution in [2.75, 3.05) is 6.54 Å². The summed E-state index contributed by atoms with van der Waals surface area (Å²) in [7, 11) is 0. The average Bonchev–Trinajstić information content (AvgIpc) is 1.84. The molecule has 0 heterocycles. The topological polar surface area (TPSA) is 29.4 Å². The van der Waals surface area contributed by atoms with Crippen LogP contribution in [-0.2, 0) is 4.79 Å². The van der Waals surface area contributed by atoms with Gasteiger partial charge in [0.1, 0.15) is 0 Å². The van der Waals surface area contributed by atoms with Gasteiger partial charge < -0.3 is 0 Å². The summed E-state index contributed by atoms with van der Waals surface area (Å²) in [4.78, 5) is 13.2. The third-order valence-electron chi connectivity index (χ3n) is 1.27. The lowest BCUT2D eigenvalue weighted by Gasteiger charge is -2.18. The number of rotatable bonds is 4. The van der Waals surface area contributed by atoms with E-state index >= 15 is 0 Å². The molecule has 0 rings (SSSR count). The van der Waals surface area contributed by atoms with Crippen LogP contribution in [0.1, 0.15) is 20.3 Å². The Balaban J connectivity index is 3.84. The molecule has 0 aliphatic heterocycles. The molecule has 0 aliphatic rings. The zero-order chi connectivity index (χ0) is 8.04. The Kier molecular flexibility index (Phi) is 3.67. The molecule has 0 aromatic heterocycles. The summed E-state index contributed by atoms with van der Waals surface area (Å²) in [5.41, 5.74) is 0.0547. The van der Waals surface area contributed by atoms with Gasteiger partial charge in [0.05, 0.1) is 6.54 Å². The van der Waals surface area contributed by atoms with Crippen LogP contribution in [0, 0.1) is 5.41 Å². The number of carbonyl (C=O) groups excluding carboxylic acids is 1. The molecule has 0 aliphatic carbocycles. The highest BCUT2D eigenvalue weighted by molar-refractivity contribution is 5.32. The monoisotopic (exact) mass is 139 g/mol. The molecule has 0 spiro atoms. The highest BCUT2D eigenvalue weighted by Gasteiger charge is 2.14. The van der Waals surface area contributed by atoms with Crippen molar-refractivity contribution in [1.29, 1.82) is 0 Å². The van der Waals surface area contributed by atoms with E-state index in [1.54, 1.807) is 0 Å². The maximum Gasteiger partial charge on any atom is 0.234 e. The van der Waals surface area contributed by atoms with Crippen LogP contribution in [-0.4, -0.2) is 12.6 Å². The van der Waals surface area contributed by atoms with Crippen molar-refractivity contribution in [1.82, 2.24) is 0 Å². The van der Waals surface area contributed by atoms with E-state index in [2.05, 4.69) is 11.6 Å². The second kappa shape index (κ2) is 4.02. The molecule has 0 aromatic rings. The molecule has 0 atom stereocenters. The van der Waals surface area contributed by atoms with Gasteiger partial charge in [0.25, 0.3) is 0 Å². The molecule has 0 amide bonds. The van der Waals surface area contributed by atoms with Gasteiger partial charge in [-0.25, -0.2) is 9.79 Å². The van der Waals surface area contributed by atoms with Gasteiger partial charge in [-0.2, -0.15) is 0 Å². The first kappa shape index (κ1) is 9.12. The molecule has 0 bridgehead atoms. The highest BCUT2D eigenvalue weighted by Crippen LogP contribution is 2.20. The summed E-state index contributed by atoms with van der Waals surface area (Å²) in [5.74, 6) is 0. The van der Waals surface area contributed by atoms with Crippen molar-refractivity contribution >= 4 is 6.08 Å². The predicted molar refractivity (Wildman–Crippen MR) is 41.6 cm³/mol. The summed E-state index contributed by atoms with van der Waals surface area (Å²) in [6.07, 6.45) is 4.23. The number of aliphatic imine (C=N–C) groups is 1. The van der Waals surface area contributed by atoms with Gasteiger partial charge in [-0.3, -0.25) is 0 Å². The maximum atomic E-state index is 9.74. The number of nitrogens with zero attached hydrogens (tertiary/aromatic N) is 1. The number of allylic oxidation sites excluding steroid dienone is 1. The largest absolute Gasteiger partial charge is 0.234 e. The smallest absolute Gasteiger partial charge is 0.211 e. The van der Waals surface area contributed by atoms with Crippen molar-refractivity contribution in [3.63, 3.8) is 0 Å². The maximum absolute atomic E-state index is 9.74. The number of hydrogen-bond acceptors (Lipinski definition) is 2. The van der Waals surface area contributed by atoms with Crippen LogP contribution in [0.4, 0.5) is 0 Å². The van der Waals surface area contributed by atoms with E-state index < -0.39 is 0 Å². The fourth-order valence-electron chi connectivity index (χ4n) is 0.702. The summed E-state index contributed by atoms with van der Waals surface area (Å²) < 4.78 is 0. The lowest BCUT2D eigenvalue weighted by Crippen LogP contribution is -2.13. The number of isocyanates is 1. The standard InChI is InChI=1S/C8H13NO/c1-4-5-8(2,3)6-9-7-10/h4H,1,5-6H2,2-3H3. The molecule has 10 heavy (non-hydrogen) atoms. The Bertz CT molecular complexity index is 155. The van der Waals surface area contributed by atoms with Gasteiger partial charge in [-0.05, 0) is 11.8 Å². The van der Waals surface area contributed by atoms with Gasteiger partial charge in [0.2, 0.25) is 6.08 Å². The van der Waals surface area contributed by atoms with E-state index in [0.29, 0.717) is 6.54 Å². The van der Waals surface area contributed by atoms with Gasteiger partial charge in [-0.15, -0.1) is 6.58 Å². The molecule has 0 radical (unpaired) electrons. The molecule has 0 aromatic carbocycles. The lowest BCUT2D eigenvalue weighted by molar-refractivity contribution is 0.385. The van der Waals surface area contributed by atoms with Gasteiger partial charge in [0, 0.05) is 0 Å². The van der Waals surface area contributed by atoms with Gasteiger partial charge in [-0.1, -0.05) is 19.9 Å². The molecule has 0 saturated heterocycles. The third kappa shape index (κ3) is 4.04. The molecule has 0 fully saturated rings. The lowest BCUT2D eigenvalue weighted by atomic mass is 9.90. The highest BCUT2D eigenvalue weighted by atomic mass is 16.1. The van der Waals surface area contributed by atoms with Crippen molar-refractivity contribution in [3.05, 3.63) is 12.7 Å². The van der Waals surface area contributed by atoms with Crippen LogP contribution >= 0.6 is 0 Å². The Morgan fingerprint density at radius 2 is 2.30 bits per heavy atom. The molecule has 2 heteroatoms. The Labute approximate surface area is 61.7 Å². The SMILES string of the molecule is C=CCC(C)(C)CN=C=O. The van der Waals surface area contributed by atoms with Crippen molar-refractivity contribution < 1.29 is 4.79 Å². The van der Waals surface area contributed by atoms with Crippen LogP contribution in [0.3, 0.4) is 0 Å². The first-order chi connectivity index (χ1) is 4.62. The van der Waals surface area contributed by atoms with Crippen molar-refractivity contribution in [2.45, 2.75) is 20.3 Å². The molecular formula is C8H13NO. The minimum absolute atomic E-state index is 0.0547. The van der Waals surface area contributed by atoms with E-state index in [-0.39, 0.29) is 5.41 Å². The van der Waals surface area contributed by atoms with Crippen LogP contribution in [0.2, 0.25) is 0 Å². The summed E-state index contributed by atoms with van der Waals surface area (Å²) in [5, 5.41) is 0. The van der Waals surface area contributed by atoms with Gasteiger partial charge >= 0.3 is 0 Å². The van der Waals surface area contributed by atoms with E-state index in [4.69, 9.17) is 0 Å². The number of hydrogen-bond donors (Lipinski definition) is 0. The van der Waals surface area contributed by atoms with Crippen LogP contribution < -0.4 is 0 Å².